The van der Waals surface area contributed by atoms with E-state index in [2.05, 4.69) is 27.2 Å². The molecule has 0 spiro atoms. The summed E-state index contributed by atoms with van der Waals surface area (Å²) in [4.78, 5) is 25.0. The van der Waals surface area contributed by atoms with Crippen molar-refractivity contribution in [3.8, 4) is 11.3 Å². The molecule has 3 aromatic rings. The van der Waals surface area contributed by atoms with Gasteiger partial charge < -0.3 is 15.0 Å². The van der Waals surface area contributed by atoms with Gasteiger partial charge in [0.1, 0.15) is 17.9 Å². The van der Waals surface area contributed by atoms with Crippen LogP contribution < -0.4 is 5.32 Å². The van der Waals surface area contributed by atoms with E-state index in [1.807, 2.05) is 19.1 Å². The highest BCUT2D eigenvalue weighted by atomic mass is 19.4. The Hall–Kier alpha value is -3.33. The normalized spacial score (nSPS) is 16.3. The first-order chi connectivity index (χ1) is 16.3. The van der Waals surface area contributed by atoms with Gasteiger partial charge in [0.15, 0.2) is 0 Å². The molecule has 6 nitrogen and oxygen atoms in total. The van der Waals surface area contributed by atoms with Crippen LogP contribution in [0.1, 0.15) is 43.5 Å². The minimum Gasteiger partial charge on any atom is -0.340 e. The molecule has 9 heteroatoms. The van der Waals surface area contributed by atoms with Gasteiger partial charge in [-0.05, 0) is 56.8 Å². The average molecular weight is 472 g/mol. The molecule has 2 aromatic heterocycles. The number of carbonyl (C=O) groups is 1. The van der Waals surface area contributed by atoms with Crippen LogP contribution in [0.4, 0.5) is 24.7 Å². The molecule has 1 aliphatic rings. The Morgan fingerprint density at radius 2 is 1.97 bits per heavy atom. The van der Waals surface area contributed by atoms with Gasteiger partial charge in [0.2, 0.25) is 0 Å². The molecule has 3 heterocycles. The number of rotatable bonds is 5. The Balaban J connectivity index is 0.000000751. The highest BCUT2D eigenvalue weighted by Crippen LogP contribution is 2.32. The van der Waals surface area contributed by atoms with Crippen molar-refractivity contribution >= 4 is 17.8 Å². The Bertz CT molecular complexity index is 1080. The lowest BCUT2D eigenvalue weighted by Gasteiger charge is -2.29. The van der Waals surface area contributed by atoms with Crippen LogP contribution in [0.15, 0.2) is 54.9 Å². The topological polar surface area (TPSA) is 71.0 Å². The molecule has 1 aromatic carbocycles. The summed E-state index contributed by atoms with van der Waals surface area (Å²) in [5, 5.41) is 3.03. The number of hydrogen-bond acceptors (Lipinski definition) is 6. The zero-order chi connectivity index (χ0) is 24.6. The zero-order valence-corrected chi connectivity index (χ0v) is 19.2. The molecule has 4 rings (SSSR count). The van der Waals surface area contributed by atoms with E-state index in [-0.39, 0.29) is 5.92 Å². The number of pyridine rings is 1. The van der Waals surface area contributed by atoms with Crippen LogP contribution in [0.3, 0.4) is 0 Å². The quantitative estimate of drug-likeness (QED) is 0.481. The standard InChI is InChI=1S/C22H22F3N5.C3H6O/c1-30-10-4-6-16(14-30)21-28-19(15-5-3-9-26-13-15)12-20(29-21)27-18-8-2-7-17(11-18)22(23,24)25;1-2-3-4/h2-3,5,7-9,11-13,16H,4,6,10,14H2,1H3,(H,27,28,29);3H,2H2,1H3. The lowest BCUT2D eigenvalue weighted by atomic mass is 9.97. The second-order valence-electron chi connectivity index (χ2n) is 8.12. The number of likely N-dealkylation sites (N-methyl/N-ethyl adjacent to an activating group) is 1. The monoisotopic (exact) mass is 471 g/mol. The number of nitrogens with one attached hydrogen (secondary N) is 1. The van der Waals surface area contributed by atoms with E-state index in [1.54, 1.807) is 24.5 Å². The first kappa shape index (κ1) is 25.3. The number of aromatic nitrogens is 3. The van der Waals surface area contributed by atoms with Gasteiger partial charge in [-0.2, -0.15) is 13.2 Å². The summed E-state index contributed by atoms with van der Waals surface area (Å²) >= 11 is 0. The van der Waals surface area contributed by atoms with E-state index >= 15 is 0 Å². The van der Waals surface area contributed by atoms with Crippen molar-refractivity contribution in [1.29, 1.82) is 0 Å². The number of likely N-dealkylation sites (tertiary alicyclic amines) is 1. The van der Waals surface area contributed by atoms with E-state index < -0.39 is 11.7 Å². The van der Waals surface area contributed by atoms with Crippen molar-refractivity contribution in [2.24, 2.45) is 0 Å². The fourth-order valence-electron chi connectivity index (χ4n) is 3.67. The number of aldehydes is 1. The van der Waals surface area contributed by atoms with Gasteiger partial charge in [-0.15, -0.1) is 0 Å². The van der Waals surface area contributed by atoms with E-state index in [0.717, 1.165) is 49.9 Å². The second kappa shape index (κ2) is 11.7. The largest absolute Gasteiger partial charge is 0.416 e. The Morgan fingerprint density at radius 3 is 2.62 bits per heavy atom. The number of carbonyl (C=O) groups excluding carboxylic acids is 1. The highest BCUT2D eigenvalue weighted by molar-refractivity contribution is 5.65. The van der Waals surface area contributed by atoms with Crippen molar-refractivity contribution in [2.75, 3.05) is 25.5 Å². The maximum atomic E-state index is 13.1. The number of hydrogen-bond donors (Lipinski definition) is 1. The number of halogens is 3. The molecule has 0 aliphatic carbocycles. The summed E-state index contributed by atoms with van der Waals surface area (Å²) in [5.41, 5.74) is 1.14. The molecule has 0 amide bonds. The van der Waals surface area contributed by atoms with Gasteiger partial charge >= 0.3 is 6.18 Å². The maximum Gasteiger partial charge on any atom is 0.416 e. The summed E-state index contributed by atoms with van der Waals surface area (Å²) in [7, 11) is 2.07. The molecule has 1 aliphatic heterocycles. The van der Waals surface area contributed by atoms with Crippen LogP contribution in [0.2, 0.25) is 0 Å². The third kappa shape index (κ3) is 7.08. The Labute approximate surface area is 197 Å². The fourth-order valence-corrected chi connectivity index (χ4v) is 3.67. The first-order valence-electron chi connectivity index (χ1n) is 11.2. The van der Waals surface area contributed by atoms with Gasteiger partial charge in [0, 0.05) is 48.6 Å². The highest BCUT2D eigenvalue weighted by Gasteiger charge is 2.30. The number of benzene rings is 1. The number of nitrogens with zero attached hydrogens (tertiary/aromatic N) is 4. The predicted molar refractivity (Wildman–Crippen MR) is 126 cm³/mol. The Kier molecular flexibility index (Phi) is 8.70. The van der Waals surface area contributed by atoms with Crippen molar-refractivity contribution in [2.45, 2.75) is 38.3 Å². The molecule has 1 fully saturated rings. The minimum absolute atomic E-state index is 0.169. The van der Waals surface area contributed by atoms with Crippen LogP contribution in [0.5, 0.6) is 0 Å². The van der Waals surface area contributed by atoms with Crippen molar-refractivity contribution in [3.63, 3.8) is 0 Å². The molecule has 1 saturated heterocycles. The maximum absolute atomic E-state index is 13.1. The third-order valence-corrected chi connectivity index (χ3v) is 5.32. The smallest absolute Gasteiger partial charge is 0.340 e. The van der Waals surface area contributed by atoms with E-state index in [4.69, 9.17) is 4.98 Å². The van der Waals surface area contributed by atoms with Crippen molar-refractivity contribution in [3.05, 3.63) is 66.2 Å². The summed E-state index contributed by atoms with van der Waals surface area (Å²) in [6.07, 6.45) is 2.54. The minimum atomic E-state index is -4.40. The number of anilines is 2. The summed E-state index contributed by atoms with van der Waals surface area (Å²) in [6, 6.07) is 10.6. The second-order valence-corrected chi connectivity index (χ2v) is 8.12. The van der Waals surface area contributed by atoms with E-state index in [1.165, 1.54) is 6.07 Å². The molecule has 0 bridgehead atoms. The third-order valence-electron chi connectivity index (χ3n) is 5.32. The van der Waals surface area contributed by atoms with Gasteiger partial charge in [-0.1, -0.05) is 13.0 Å². The summed E-state index contributed by atoms with van der Waals surface area (Å²) < 4.78 is 39.2. The Morgan fingerprint density at radius 1 is 1.18 bits per heavy atom. The first-order valence-corrected chi connectivity index (χ1v) is 11.2. The average Bonchev–Trinajstić information content (AvgIpc) is 2.84. The predicted octanol–water partition coefficient (Wildman–Crippen LogP) is 5.71. The molecule has 0 radical (unpaired) electrons. The number of alkyl halides is 3. The molecular weight excluding hydrogens is 443 g/mol. The molecule has 1 atom stereocenters. The SMILES string of the molecule is CCC=O.CN1CCCC(c2nc(Nc3cccc(C(F)(F)F)c3)cc(-c3cccnc3)n2)C1. The van der Waals surface area contributed by atoms with E-state index in [9.17, 15) is 18.0 Å². The van der Waals surface area contributed by atoms with Gasteiger partial charge in [0.05, 0.1) is 11.3 Å². The number of piperidine rings is 1. The molecule has 1 N–H and O–H groups in total. The fraction of sp³-hybridized carbons (Fsp3) is 0.360. The molecule has 34 heavy (non-hydrogen) atoms. The van der Waals surface area contributed by atoms with Crippen LogP contribution in [-0.2, 0) is 11.0 Å². The molecule has 1 unspecified atom stereocenters. The van der Waals surface area contributed by atoms with Gasteiger partial charge in [0.25, 0.3) is 0 Å². The van der Waals surface area contributed by atoms with Crippen molar-refractivity contribution in [1.82, 2.24) is 19.9 Å². The van der Waals surface area contributed by atoms with Gasteiger partial charge in [-0.25, -0.2) is 9.97 Å². The van der Waals surface area contributed by atoms with Crippen LogP contribution in [0.25, 0.3) is 11.3 Å². The molecule has 180 valence electrons. The van der Waals surface area contributed by atoms with Crippen molar-refractivity contribution < 1.29 is 18.0 Å². The lowest BCUT2D eigenvalue weighted by molar-refractivity contribution is -0.137. The van der Waals surface area contributed by atoms with Gasteiger partial charge in [-0.3, -0.25) is 4.98 Å². The summed E-state index contributed by atoms with van der Waals surface area (Å²) in [5.74, 6) is 1.33. The molecule has 0 saturated carbocycles. The van der Waals surface area contributed by atoms with Crippen LogP contribution in [0, 0.1) is 0 Å². The summed E-state index contributed by atoms with van der Waals surface area (Å²) in [6.45, 7) is 3.70. The lowest BCUT2D eigenvalue weighted by Crippen LogP contribution is -2.31. The zero-order valence-electron chi connectivity index (χ0n) is 19.2. The van der Waals surface area contributed by atoms with E-state index in [0.29, 0.717) is 29.4 Å². The van der Waals surface area contributed by atoms with Crippen LogP contribution >= 0.6 is 0 Å². The van der Waals surface area contributed by atoms with Crippen LogP contribution in [-0.4, -0.2) is 46.3 Å². The molecular formula is C25H28F3N5O.